The second-order valence-electron chi connectivity index (χ2n) is 6.90. The first-order valence-corrected chi connectivity index (χ1v) is 8.11. The van der Waals surface area contributed by atoms with Crippen LogP contribution >= 0.6 is 0 Å². The third kappa shape index (κ3) is 1.54. The number of pyridine rings is 1. The van der Waals surface area contributed by atoms with Gasteiger partial charge in [-0.1, -0.05) is 0 Å². The summed E-state index contributed by atoms with van der Waals surface area (Å²) in [4.78, 5) is 31.4. The predicted octanol–water partition coefficient (Wildman–Crippen LogP) is 2.48. The van der Waals surface area contributed by atoms with Gasteiger partial charge in [-0.2, -0.15) is 0 Å². The number of phenols is 1. The van der Waals surface area contributed by atoms with Gasteiger partial charge in [-0.25, -0.2) is 4.90 Å². The van der Waals surface area contributed by atoms with Gasteiger partial charge >= 0.3 is 0 Å². The van der Waals surface area contributed by atoms with Crippen LogP contribution in [0.1, 0.15) is 19.3 Å². The molecule has 1 aromatic carbocycles. The summed E-state index contributed by atoms with van der Waals surface area (Å²) >= 11 is 0. The first kappa shape index (κ1) is 13.0. The standard InChI is InChI=1S/C18H16N2O3/c21-13-6-5-12(11-2-1-7-19-16(11)13)20-17(22)14-9-3-4-10(8-9)15(14)18(20)23/h1-2,5-7,9-10,14-15,21H,3-4,8H2/t9-,10+,14-,15+. The third-order valence-electron chi connectivity index (χ3n) is 5.89. The fourth-order valence-corrected chi connectivity index (χ4v) is 4.98. The molecule has 5 nitrogen and oxygen atoms in total. The van der Waals surface area contributed by atoms with Crippen molar-refractivity contribution in [3.05, 3.63) is 30.5 Å². The highest BCUT2D eigenvalue weighted by atomic mass is 16.3. The molecule has 2 aliphatic carbocycles. The van der Waals surface area contributed by atoms with Gasteiger partial charge in [0, 0.05) is 11.6 Å². The Hall–Kier alpha value is -2.43. The number of imide groups is 1. The van der Waals surface area contributed by atoms with Gasteiger partial charge in [-0.3, -0.25) is 14.6 Å². The first-order chi connectivity index (χ1) is 11.2. The lowest BCUT2D eigenvalue weighted by Gasteiger charge is -2.19. The molecule has 1 aromatic heterocycles. The molecular formula is C18H16N2O3. The van der Waals surface area contributed by atoms with Gasteiger partial charge < -0.3 is 5.11 Å². The Balaban J connectivity index is 1.67. The van der Waals surface area contributed by atoms with Crippen molar-refractivity contribution in [3.8, 4) is 5.75 Å². The van der Waals surface area contributed by atoms with Crippen LogP contribution in [0.4, 0.5) is 5.69 Å². The molecule has 1 N–H and O–H groups in total. The maximum Gasteiger partial charge on any atom is 0.237 e. The maximum absolute atomic E-state index is 12.9. The van der Waals surface area contributed by atoms with E-state index in [-0.39, 0.29) is 29.4 Å². The average molecular weight is 308 g/mol. The lowest BCUT2D eigenvalue weighted by Crippen LogP contribution is -2.32. The second kappa shape index (κ2) is 4.31. The number of rotatable bonds is 1. The minimum atomic E-state index is -0.137. The van der Waals surface area contributed by atoms with E-state index in [0.29, 0.717) is 28.4 Å². The SMILES string of the molecule is O=C1[C@@H]2[C@@H]3CC[C@@H](C3)[C@@H]2C(=O)N1c1ccc(O)c2ncccc12. The van der Waals surface area contributed by atoms with Crippen molar-refractivity contribution in [2.75, 3.05) is 4.90 Å². The number of amides is 2. The number of nitrogens with zero attached hydrogens (tertiary/aromatic N) is 2. The van der Waals surface area contributed by atoms with E-state index in [0.717, 1.165) is 19.3 Å². The van der Waals surface area contributed by atoms with Crippen LogP contribution in [-0.4, -0.2) is 21.9 Å². The summed E-state index contributed by atoms with van der Waals surface area (Å²) < 4.78 is 0. The van der Waals surface area contributed by atoms with E-state index in [1.54, 1.807) is 24.4 Å². The van der Waals surface area contributed by atoms with Crippen LogP contribution < -0.4 is 4.90 Å². The second-order valence-corrected chi connectivity index (χ2v) is 6.90. The van der Waals surface area contributed by atoms with Crippen molar-refractivity contribution in [1.29, 1.82) is 0 Å². The monoisotopic (exact) mass is 308 g/mol. The quantitative estimate of drug-likeness (QED) is 0.822. The van der Waals surface area contributed by atoms with Crippen molar-refractivity contribution in [2.24, 2.45) is 23.7 Å². The number of fused-ring (bicyclic) bond motifs is 6. The summed E-state index contributed by atoms with van der Waals surface area (Å²) in [5.74, 6) is 0.388. The third-order valence-corrected chi connectivity index (χ3v) is 5.89. The normalized spacial score (nSPS) is 32.1. The fraction of sp³-hybridized carbons (Fsp3) is 0.389. The number of phenolic OH excluding ortho intramolecular Hbond substituents is 1. The summed E-state index contributed by atoms with van der Waals surface area (Å²) in [5.41, 5.74) is 0.973. The number of hydrogen-bond donors (Lipinski definition) is 1. The Morgan fingerprint density at radius 1 is 1.04 bits per heavy atom. The summed E-state index contributed by atoms with van der Waals surface area (Å²) in [5, 5.41) is 10.6. The summed E-state index contributed by atoms with van der Waals surface area (Å²) in [6.07, 6.45) is 4.75. The molecular weight excluding hydrogens is 292 g/mol. The molecule has 1 aliphatic heterocycles. The lowest BCUT2D eigenvalue weighted by atomic mass is 9.81. The molecule has 0 unspecified atom stereocenters. The lowest BCUT2D eigenvalue weighted by molar-refractivity contribution is -0.123. The summed E-state index contributed by atoms with van der Waals surface area (Å²) in [6, 6.07) is 6.70. The van der Waals surface area contributed by atoms with E-state index < -0.39 is 0 Å². The van der Waals surface area contributed by atoms with Crippen molar-refractivity contribution in [1.82, 2.24) is 4.98 Å². The van der Waals surface area contributed by atoms with Gasteiger partial charge in [0.25, 0.3) is 0 Å². The number of carbonyl (C=O) groups is 2. The van der Waals surface area contributed by atoms with E-state index in [9.17, 15) is 14.7 Å². The van der Waals surface area contributed by atoms with Crippen molar-refractivity contribution in [3.63, 3.8) is 0 Å². The number of hydrogen-bond acceptors (Lipinski definition) is 4. The Labute approximate surface area is 132 Å². The highest BCUT2D eigenvalue weighted by molar-refractivity contribution is 6.25. The first-order valence-electron chi connectivity index (χ1n) is 8.11. The van der Waals surface area contributed by atoms with E-state index in [1.165, 1.54) is 11.0 Å². The van der Waals surface area contributed by atoms with Crippen LogP contribution in [0.2, 0.25) is 0 Å². The molecule has 0 radical (unpaired) electrons. The van der Waals surface area contributed by atoms with Crippen LogP contribution in [-0.2, 0) is 9.59 Å². The van der Waals surface area contributed by atoms with Crippen molar-refractivity contribution in [2.45, 2.75) is 19.3 Å². The van der Waals surface area contributed by atoms with Gasteiger partial charge in [0.2, 0.25) is 11.8 Å². The van der Waals surface area contributed by atoms with Gasteiger partial charge in [0.1, 0.15) is 11.3 Å². The molecule has 2 saturated carbocycles. The zero-order valence-corrected chi connectivity index (χ0v) is 12.5. The predicted molar refractivity (Wildman–Crippen MR) is 83.7 cm³/mol. The zero-order chi connectivity index (χ0) is 15.7. The number of carbonyl (C=O) groups excluding carboxylic acids is 2. The Kier molecular flexibility index (Phi) is 2.45. The zero-order valence-electron chi connectivity index (χ0n) is 12.5. The molecule has 1 saturated heterocycles. The van der Waals surface area contributed by atoms with Crippen LogP contribution in [0.5, 0.6) is 5.75 Å². The van der Waals surface area contributed by atoms with E-state index in [4.69, 9.17) is 0 Å². The van der Waals surface area contributed by atoms with Gasteiger partial charge in [0.05, 0.1) is 17.5 Å². The molecule has 3 aliphatic rings. The van der Waals surface area contributed by atoms with Gasteiger partial charge in [-0.15, -0.1) is 0 Å². The molecule has 4 atom stereocenters. The highest BCUT2D eigenvalue weighted by Crippen LogP contribution is 2.57. The molecule has 2 bridgehead atoms. The highest BCUT2D eigenvalue weighted by Gasteiger charge is 2.61. The maximum atomic E-state index is 12.9. The molecule has 2 heterocycles. The molecule has 116 valence electrons. The van der Waals surface area contributed by atoms with Gasteiger partial charge in [0.15, 0.2) is 0 Å². The minimum Gasteiger partial charge on any atom is -0.506 e. The molecule has 5 heteroatoms. The number of aromatic hydroxyl groups is 1. The molecule has 23 heavy (non-hydrogen) atoms. The Morgan fingerprint density at radius 2 is 1.74 bits per heavy atom. The van der Waals surface area contributed by atoms with E-state index in [1.807, 2.05) is 0 Å². The van der Waals surface area contributed by atoms with Gasteiger partial charge in [-0.05, 0) is 55.4 Å². The molecule has 2 aromatic rings. The van der Waals surface area contributed by atoms with Crippen LogP contribution in [0, 0.1) is 23.7 Å². The molecule has 0 spiro atoms. The topological polar surface area (TPSA) is 70.5 Å². The van der Waals surface area contributed by atoms with Crippen LogP contribution in [0.3, 0.4) is 0 Å². The Morgan fingerprint density at radius 3 is 2.43 bits per heavy atom. The van der Waals surface area contributed by atoms with Crippen molar-refractivity contribution >= 4 is 28.4 Å². The van der Waals surface area contributed by atoms with E-state index >= 15 is 0 Å². The molecule has 5 rings (SSSR count). The summed E-state index contributed by atoms with van der Waals surface area (Å²) in [7, 11) is 0. The summed E-state index contributed by atoms with van der Waals surface area (Å²) in [6.45, 7) is 0. The largest absolute Gasteiger partial charge is 0.506 e. The van der Waals surface area contributed by atoms with Crippen LogP contribution in [0.15, 0.2) is 30.5 Å². The smallest absolute Gasteiger partial charge is 0.237 e. The fourth-order valence-electron chi connectivity index (χ4n) is 4.98. The number of anilines is 1. The minimum absolute atomic E-state index is 0.0590. The van der Waals surface area contributed by atoms with Crippen molar-refractivity contribution < 1.29 is 14.7 Å². The number of benzene rings is 1. The molecule has 2 amide bonds. The van der Waals surface area contributed by atoms with Crippen LogP contribution in [0.25, 0.3) is 10.9 Å². The molecule has 3 fully saturated rings. The van der Waals surface area contributed by atoms with E-state index in [2.05, 4.69) is 4.98 Å². The number of aromatic nitrogens is 1. The Bertz CT molecular complexity index is 834. The average Bonchev–Trinajstić information content (AvgIpc) is 3.24.